The van der Waals surface area contributed by atoms with E-state index in [2.05, 4.69) is 10.2 Å². The quantitative estimate of drug-likeness (QED) is 0.833. The summed E-state index contributed by atoms with van der Waals surface area (Å²) in [4.78, 5) is 25.2. The van der Waals surface area contributed by atoms with Gasteiger partial charge in [-0.25, -0.2) is 0 Å². The lowest BCUT2D eigenvalue weighted by molar-refractivity contribution is -0.143. The highest BCUT2D eigenvalue weighted by Crippen LogP contribution is 2.41. The Bertz CT molecular complexity index is 499. The maximum Gasteiger partial charge on any atom is 0.308 e. The molecule has 1 aromatic heterocycles. The van der Waals surface area contributed by atoms with Crippen molar-refractivity contribution in [2.75, 3.05) is 6.54 Å². The molecule has 2 fully saturated rings. The number of carboxylic acids is 1. The Kier molecular flexibility index (Phi) is 3.48. The minimum Gasteiger partial charge on any atom is -0.481 e. The molecule has 2 bridgehead atoms. The lowest BCUT2D eigenvalue weighted by Crippen LogP contribution is -2.41. The summed E-state index contributed by atoms with van der Waals surface area (Å²) in [6.45, 7) is 0.650. The van der Waals surface area contributed by atoms with E-state index in [1.165, 1.54) is 0 Å². The van der Waals surface area contributed by atoms with E-state index < -0.39 is 5.97 Å². The number of carbonyl (C=O) groups excluding carboxylic acids is 1. The number of fused-ring (bicyclic) bond motifs is 2. The molecule has 20 heavy (non-hydrogen) atoms. The molecule has 3 unspecified atom stereocenters. The number of rotatable bonds is 5. The number of hydrogen-bond acceptors (Lipinski definition) is 4. The number of carboxylic acid groups (broad SMARTS) is 1. The molecular weight excluding hydrogens is 260 g/mol. The molecule has 3 heterocycles. The van der Waals surface area contributed by atoms with Gasteiger partial charge in [-0.15, -0.1) is 0 Å². The van der Waals surface area contributed by atoms with E-state index >= 15 is 0 Å². The lowest BCUT2D eigenvalue weighted by atomic mass is 9.89. The van der Waals surface area contributed by atoms with E-state index in [1.807, 2.05) is 0 Å². The van der Waals surface area contributed by atoms with Crippen LogP contribution in [0, 0.1) is 5.92 Å². The Morgan fingerprint density at radius 2 is 2.30 bits per heavy atom. The number of hydrogen-bond donors (Lipinski definition) is 2. The van der Waals surface area contributed by atoms with Gasteiger partial charge in [-0.1, -0.05) is 0 Å². The van der Waals surface area contributed by atoms with Crippen LogP contribution in [0.4, 0.5) is 0 Å². The van der Waals surface area contributed by atoms with Crippen molar-refractivity contribution in [2.24, 2.45) is 5.92 Å². The molecule has 0 saturated carbocycles. The van der Waals surface area contributed by atoms with Crippen LogP contribution in [-0.2, 0) is 16.1 Å². The first-order valence-electron chi connectivity index (χ1n) is 6.93. The summed E-state index contributed by atoms with van der Waals surface area (Å²) in [5.74, 6) is -0.416. The largest absolute Gasteiger partial charge is 0.481 e. The maximum atomic E-state index is 11.9. The second-order valence-corrected chi connectivity index (χ2v) is 5.51. The Balaban J connectivity index is 1.53. The van der Waals surface area contributed by atoms with Gasteiger partial charge in [-0.3, -0.25) is 14.5 Å². The molecule has 2 aliphatic heterocycles. The predicted octanol–water partition coefficient (Wildman–Crippen LogP) is 0.833. The molecule has 3 rings (SSSR count). The first-order chi connectivity index (χ1) is 9.65. The number of nitrogens with one attached hydrogen (secondary N) is 1. The van der Waals surface area contributed by atoms with Crippen molar-refractivity contribution in [3.8, 4) is 0 Å². The summed E-state index contributed by atoms with van der Waals surface area (Å²) in [5.41, 5.74) is 0. The Morgan fingerprint density at radius 3 is 2.95 bits per heavy atom. The SMILES string of the molecule is O=C(CN1C2CCC1C(C(=O)O)C2)NCc1ccco1. The van der Waals surface area contributed by atoms with Gasteiger partial charge in [-0.2, -0.15) is 0 Å². The standard InChI is InChI=1S/C14H18N2O4/c17-13(15-7-10-2-1-5-20-10)8-16-9-3-4-12(16)11(6-9)14(18)19/h1-2,5,9,11-12H,3-4,6-8H2,(H,15,17)(H,18,19). The minimum absolute atomic E-state index is 0.0202. The minimum atomic E-state index is -0.738. The number of amides is 1. The smallest absolute Gasteiger partial charge is 0.308 e. The molecule has 0 aromatic carbocycles. The normalized spacial score (nSPS) is 28.7. The van der Waals surface area contributed by atoms with Crippen LogP contribution >= 0.6 is 0 Å². The molecule has 6 nitrogen and oxygen atoms in total. The number of aliphatic carboxylic acids is 1. The summed E-state index contributed by atoms with van der Waals surface area (Å²) >= 11 is 0. The van der Waals surface area contributed by atoms with Crippen LogP contribution in [0.25, 0.3) is 0 Å². The highest BCUT2D eigenvalue weighted by molar-refractivity contribution is 5.78. The van der Waals surface area contributed by atoms with Crippen LogP contribution < -0.4 is 5.32 Å². The average Bonchev–Trinajstić information content (AvgIpc) is 3.13. The van der Waals surface area contributed by atoms with Crippen LogP contribution in [0.15, 0.2) is 22.8 Å². The van der Waals surface area contributed by atoms with Crippen molar-refractivity contribution in [1.82, 2.24) is 10.2 Å². The van der Waals surface area contributed by atoms with Crippen LogP contribution in [0.5, 0.6) is 0 Å². The third-order valence-electron chi connectivity index (χ3n) is 4.36. The molecule has 2 saturated heterocycles. The fraction of sp³-hybridized carbons (Fsp3) is 0.571. The van der Waals surface area contributed by atoms with Gasteiger partial charge in [0.05, 0.1) is 25.3 Å². The van der Waals surface area contributed by atoms with Gasteiger partial charge in [0.15, 0.2) is 0 Å². The molecule has 2 aliphatic rings. The van der Waals surface area contributed by atoms with Crippen molar-refractivity contribution in [3.63, 3.8) is 0 Å². The second-order valence-electron chi connectivity index (χ2n) is 5.51. The zero-order chi connectivity index (χ0) is 14.1. The molecule has 108 valence electrons. The molecule has 0 radical (unpaired) electrons. The zero-order valence-corrected chi connectivity index (χ0v) is 11.1. The van der Waals surface area contributed by atoms with Gasteiger partial charge in [0.25, 0.3) is 0 Å². The van der Waals surface area contributed by atoms with Crippen molar-refractivity contribution < 1.29 is 19.1 Å². The van der Waals surface area contributed by atoms with Gasteiger partial charge in [0, 0.05) is 12.1 Å². The molecule has 0 aliphatic carbocycles. The monoisotopic (exact) mass is 278 g/mol. The van der Waals surface area contributed by atoms with Crippen LogP contribution in [0.1, 0.15) is 25.0 Å². The van der Waals surface area contributed by atoms with E-state index in [0.29, 0.717) is 18.7 Å². The fourth-order valence-electron chi connectivity index (χ4n) is 3.43. The highest BCUT2D eigenvalue weighted by Gasteiger charge is 2.49. The zero-order valence-electron chi connectivity index (χ0n) is 11.1. The van der Waals surface area contributed by atoms with Crippen LogP contribution in [-0.4, -0.2) is 40.5 Å². The van der Waals surface area contributed by atoms with Gasteiger partial charge in [0.2, 0.25) is 5.91 Å². The van der Waals surface area contributed by atoms with Gasteiger partial charge in [0.1, 0.15) is 5.76 Å². The Hall–Kier alpha value is -1.82. The molecule has 6 heteroatoms. The van der Waals surface area contributed by atoms with Gasteiger partial charge < -0.3 is 14.8 Å². The molecule has 1 aromatic rings. The topological polar surface area (TPSA) is 82.8 Å². The van der Waals surface area contributed by atoms with E-state index in [0.717, 1.165) is 12.8 Å². The van der Waals surface area contributed by atoms with E-state index in [1.54, 1.807) is 18.4 Å². The van der Waals surface area contributed by atoms with Gasteiger partial charge in [-0.05, 0) is 31.4 Å². The molecule has 3 atom stereocenters. The maximum absolute atomic E-state index is 11.9. The van der Waals surface area contributed by atoms with Crippen molar-refractivity contribution >= 4 is 11.9 Å². The third-order valence-corrected chi connectivity index (χ3v) is 4.36. The molecule has 0 spiro atoms. The predicted molar refractivity (Wildman–Crippen MR) is 69.8 cm³/mol. The molecular formula is C14H18N2O4. The lowest BCUT2D eigenvalue weighted by Gasteiger charge is -2.21. The molecule has 1 amide bonds. The molecule has 2 N–H and O–H groups in total. The van der Waals surface area contributed by atoms with Crippen molar-refractivity contribution in [1.29, 1.82) is 0 Å². The average molecular weight is 278 g/mol. The number of carbonyl (C=O) groups is 2. The Labute approximate surface area is 116 Å². The van der Waals surface area contributed by atoms with E-state index in [-0.39, 0.29) is 30.5 Å². The third kappa shape index (κ3) is 2.43. The van der Waals surface area contributed by atoms with Gasteiger partial charge >= 0.3 is 5.97 Å². The number of nitrogens with zero attached hydrogens (tertiary/aromatic N) is 1. The summed E-state index contributed by atoms with van der Waals surface area (Å²) in [6, 6.07) is 3.85. The number of furan rings is 1. The van der Waals surface area contributed by atoms with Crippen molar-refractivity contribution in [2.45, 2.75) is 37.9 Å². The first kappa shape index (κ1) is 13.2. The van der Waals surface area contributed by atoms with Crippen LogP contribution in [0.2, 0.25) is 0 Å². The Morgan fingerprint density at radius 1 is 1.45 bits per heavy atom. The fourth-order valence-corrected chi connectivity index (χ4v) is 3.43. The van der Waals surface area contributed by atoms with Crippen molar-refractivity contribution in [3.05, 3.63) is 24.2 Å². The highest BCUT2D eigenvalue weighted by atomic mass is 16.4. The summed E-state index contributed by atoms with van der Waals surface area (Å²) in [5, 5.41) is 12.0. The summed E-state index contributed by atoms with van der Waals surface area (Å²) < 4.78 is 5.15. The summed E-state index contributed by atoms with van der Waals surface area (Å²) in [6.07, 6.45) is 4.12. The van der Waals surface area contributed by atoms with E-state index in [9.17, 15) is 14.7 Å². The summed E-state index contributed by atoms with van der Waals surface area (Å²) in [7, 11) is 0. The van der Waals surface area contributed by atoms with Crippen LogP contribution in [0.3, 0.4) is 0 Å². The second kappa shape index (κ2) is 5.28. The van der Waals surface area contributed by atoms with E-state index in [4.69, 9.17) is 4.42 Å². The first-order valence-corrected chi connectivity index (χ1v) is 6.93.